The first kappa shape index (κ1) is 11.2. The Bertz CT molecular complexity index is 448. The van der Waals surface area contributed by atoms with Crippen LogP contribution in [0.5, 0.6) is 0 Å². The lowest BCUT2D eigenvalue weighted by Crippen LogP contribution is -2.27. The van der Waals surface area contributed by atoms with E-state index in [-0.39, 0.29) is 6.04 Å². The molecule has 3 aliphatic carbocycles. The number of hydrogen-bond donors (Lipinski definition) is 1. The van der Waals surface area contributed by atoms with Crippen LogP contribution in [0.2, 0.25) is 0 Å². The third-order valence-electron chi connectivity index (χ3n) is 4.37. The molecule has 3 aliphatic rings. The van der Waals surface area contributed by atoms with Crippen molar-refractivity contribution in [1.29, 1.82) is 0 Å². The number of anilines is 1. The first-order chi connectivity index (χ1) is 8.81. The lowest BCUT2D eigenvalue weighted by Gasteiger charge is -2.21. The van der Waals surface area contributed by atoms with Gasteiger partial charge in [0.15, 0.2) is 5.13 Å². The molecule has 1 atom stereocenters. The van der Waals surface area contributed by atoms with Crippen LogP contribution < -0.4 is 10.6 Å². The quantitative estimate of drug-likeness (QED) is 0.908. The van der Waals surface area contributed by atoms with Crippen molar-refractivity contribution in [2.24, 2.45) is 11.7 Å². The molecule has 2 saturated carbocycles. The number of fused-ring (bicyclic) bond motifs is 1. The maximum Gasteiger partial charge on any atom is 0.186 e. The van der Waals surface area contributed by atoms with Crippen molar-refractivity contribution in [2.75, 3.05) is 11.4 Å². The lowest BCUT2D eigenvalue weighted by atomic mass is 9.99. The predicted octanol–water partition coefficient (Wildman–Crippen LogP) is 2.86. The Labute approximate surface area is 112 Å². The van der Waals surface area contributed by atoms with Crippen molar-refractivity contribution in [2.45, 2.75) is 57.0 Å². The molecule has 18 heavy (non-hydrogen) atoms. The largest absolute Gasteiger partial charge is 0.345 e. The molecule has 0 amide bonds. The van der Waals surface area contributed by atoms with Gasteiger partial charge >= 0.3 is 0 Å². The highest BCUT2D eigenvalue weighted by molar-refractivity contribution is 7.15. The van der Waals surface area contributed by atoms with Gasteiger partial charge in [-0.05, 0) is 50.9 Å². The topological polar surface area (TPSA) is 42.1 Å². The van der Waals surface area contributed by atoms with Crippen LogP contribution in [0.3, 0.4) is 0 Å². The third kappa shape index (κ3) is 2.05. The van der Waals surface area contributed by atoms with Gasteiger partial charge in [0.2, 0.25) is 0 Å². The number of aryl methyl sites for hydroxylation is 1. The molecule has 0 aliphatic heterocycles. The van der Waals surface area contributed by atoms with Gasteiger partial charge in [-0.2, -0.15) is 0 Å². The molecule has 0 radical (unpaired) electrons. The third-order valence-corrected chi connectivity index (χ3v) is 5.63. The van der Waals surface area contributed by atoms with Gasteiger partial charge < -0.3 is 10.6 Å². The highest BCUT2D eigenvalue weighted by atomic mass is 32.1. The molecule has 2 fully saturated rings. The molecule has 1 heterocycles. The molecular weight excluding hydrogens is 242 g/mol. The monoisotopic (exact) mass is 263 g/mol. The molecule has 4 heteroatoms. The second-order valence-corrected chi connectivity index (χ2v) is 7.14. The van der Waals surface area contributed by atoms with Crippen molar-refractivity contribution in [3.63, 3.8) is 0 Å². The van der Waals surface area contributed by atoms with Crippen molar-refractivity contribution in [3.05, 3.63) is 10.6 Å². The average Bonchev–Trinajstić information content (AvgIpc) is 3.25. The fourth-order valence-electron chi connectivity index (χ4n) is 2.91. The fourth-order valence-corrected chi connectivity index (χ4v) is 4.14. The van der Waals surface area contributed by atoms with Crippen molar-refractivity contribution in [3.8, 4) is 0 Å². The van der Waals surface area contributed by atoms with Crippen LogP contribution in [-0.2, 0) is 6.42 Å². The maximum atomic E-state index is 6.22. The van der Waals surface area contributed by atoms with Crippen LogP contribution in [0.15, 0.2) is 0 Å². The molecule has 98 valence electrons. The fraction of sp³-hybridized carbons (Fsp3) is 0.786. The van der Waals surface area contributed by atoms with E-state index in [0.29, 0.717) is 0 Å². The van der Waals surface area contributed by atoms with Crippen LogP contribution in [0, 0.1) is 5.92 Å². The first-order valence-electron chi connectivity index (χ1n) is 7.33. The van der Waals surface area contributed by atoms with Crippen LogP contribution in [0.25, 0.3) is 0 Å². The van der Waals surface area contributed by atoms with Crippen molar-refractivity contribution < 1.29 is 0 Å². The minimum Gasteiger partial charge on any atom is -0.345 e. The van der Waals surface area contributed by atoms with Crippen LogP contribution >= 0.6 is 11.3 Å². The summed E-state index contributed by atoms with van der Waals surface area (Å²) in [5.41, 5.74) is 7.52. The molecule has 0 spiro atoms. The summed E-state index contributed by atoms with van der Waals surface area (Å²) in [6.07, 6.45) is 9.07. The summed E-state index contributed by atoms with van der Waals surface area (Å²) in [5.74, 6) is 0.945. The summed E-state index contributed by atoms with van der Waals surface area (Å²) < 4.78 is 0. The van der Waals surface area contributed by atoms with Gasteiger partial charge in [0, 0.05) is 23.5 Å². The Balaban J connectivity index is 1.61. The Kier molecular flexibility index (Phi) is 2.62. The molecule has 1 unspecified atom stereocenters. The highest BCUT2D eigenvalue weighted by Crippen LogP contribution is 2.42. The Morgan fingerprint density at radius 2 is 2.06 bits per heavy atom. The summed E-state index contributed by atoms with van der Waals surface area (Å²) in [4.78, 5) is 8.87. The normalized spacial score (nSPS) is 27.1. The van der Waals surface area contributed by atoms with E-state index in [4.69, 9.17) is 10.7 Å². The molecule has 4 rings (SSSR count). The van der Waals surface area contributed by atoms with E-state index in [0.717, 1.165) is 24.8 Å². The zero-order valence-electron chi connectivity index (χ0n) is 10.8. The van der Waals surface area contributed by atoms with E-state index in [1.165, 1.54) is 54.4 Å². The van der Waals surface area contributed by atoms with Gasteiger partial charge in [-0.25, -0.2) is 4.98 Å². The molecule has 0 bridgehead atoms. The van der Waals surface area contributed by atoms with Gasteiger partial charge in [0.1, 0.15) is 0 Å². The molecule has 0 aromatic carbocycles. The molecule has 1 aromatic heterocycles. The number of hydrogen-bond acceptors (Lipinski definition) is 4. The zero-order valence-corrected chi connectivity index (χ0v) is 11.6. The van der Waals surface area contributed by atoms with Gasteiger partial charge in [-0.1, -0.05) is 11.3 Å². The van der Waals surface area contributed by atoms with Crippen molar-refractivity contribution in [1.82, 2.24) is 4.98 Å². The Hall–Kier alpha value is -0.610. The zero-order chi connectivity index (χ0) is 12.1. The molecule has 3 nitrogen and oxygen atoms in total. The van der Waals surface area contributed by atoms with E-state index in [9.17, 15) is 0 Å². The standard InChI is InChI=1S/C14H21N3S/c15-11-2-1-3-12-13(11)18-14(16-12)17(10-6-7-10)8-9-4-5-9/h9-11H,1-8,15H2. The number of thiazole rings is 1. The molecule has 1 aromatic rings. The highest BCUT2D eigenvalue weighted by Gasteiger charge is 2.36. The van der Waals surface area contributed by atoms with E-state index in [2.05, 4.69) is 4.90 Å². The lowest BCUT2D eigenvalue weighted by molar-refractivity contribution is 0.573. The predicted molar refractivity (Wildman–Crippen MR) is 75.1 cm³/mol. The summed E-state index contributed by atoms with van der Waals surface area (Å²) in [6.45, 7) is 1.24. The Morgan fingerprint density at radius 3 is 2.72 bits per heavy atom. The number of nitrogens with two attached hydrogens (primary N) is 1. The van der Waals surface area contributed by atoms with Crippen LogP contribution in [-0.4, -0.2) is 17.6 Å². The summed E-state index contributed by atoms with van der Waals surface area (Å²) in [6, 6.07) is 1.04. The van der Waals surface area contributed by atoms with E-state index < -0.39 is 0 Å². The second kappa shape index (κ2) is 4.20. The first-order valence-corrected chi connectivity index (χ1v) is 8.15. The van der Waals surface area contributed by atoms with Crippen LogP contribution in [0.1, 0.15) is 55.1 Å². The van der Waals surface area contributed by atoms with Gasteiger partial charge in [0.25, 0.3) is 0 Å². The average molecular weight is 263 g/mol. The number of nitrogens with zero attached hydrogens (tertiary/aromatic N) is 2. The molecule has 2 N–H and O–H groups in total. The smallest absolute Gasteiger partial charge is 0.186 e. The van der Waals surface area contributed by atoms with Gasteiger partial charge in [-0.15, -0.1) is 0 Å². The summed E-state index contributed by atoms with van der Waals surface area (Å²) in [5, 5.41) is 1.27. The number of aromatic nitrogens is 1. The van der Waals surface area contributed by atoms with Gasteiger partial charge in [0.05, 0.1) is 5.69 Å². The van der Waals surface area contributed by atoms with E-state index in [1.54, 1.807) is 0 Å². The maximum absolute atomic E-state index is 6.22. The summed E-state index contributed by atoms with van der Waals surface area (Å²) in [7, 11) is 0. The molecular formula is C14H21N3S. The minimum absolute atomic E-state index is 0.252. The summed E-state index contributed by atoms with van der Waals surface area (Å²) >= 11 is 1.88. The molecule has 0 saturated heterocycles. The second-order valence-electron chi connectivity index (χ2n) is 6.13. The minimum atomic E-state index is 0.252. The van der Waals surface area contributed by atoms with Gasteiger partial charge in [-0.3, -0.25) is 0 Å². The number of rotatable bonds is 4. The van der Waals surface area contributed by atoms with Crippen molar-refractivity contribution >= 4 is 16.5 Å². The SMILES string of the molecule is NC1CCCc2nc(N(CC3CC3)C3CC3)sc21. The Morgan fingerprint density at radius 1 is 1.22 bits per heavy atom. The van der Waals surface area contributed by atoms with E-state index in [1.807, 2.05) is 11.3 Å². The van der Waals surface area contributed by atoms with E-state index >= 15 is 0 Å². The van der Waals surface area contributed by atoms with Crippen LogP contribution in [0.4, 0.5) is 5.13 Å².